The van der Waals surface area contributed by atoms with Crippen molar-refractivity contribution in [3.63, 3.8) is 0 Å². The average molecular weight is 270 g/mol. The predicted molar refractivity (Wildman–Crippen MR) is 44.2 cm³/mol. The third kappa shape index (κ3) is 4.00. The number of aliphatic hydroxyl groups is 2. The molecule has 0 aromatic rings. The molecule has 104 valence electrons. The van der Waals surface area contributed by atoms with Crippen molar-refractivity contribution in [2.24, 2.45) is 0 Å². The molecule has 0 spiro atoms. The summed E-state index contributed by atoms with van der Waals surface area (Å²) in [6, 6.07) is 0. The maximum Gasteiger partial charge on any atom is 0.426 e. The Kier molecular flexibility index (Phi) is 5.23. The van der Waals surface area contributed by atoms with Gasteiger partial charge in [0.25, 0.3) is 5.60 Å². The molecule has 2 N–H and O–H groups in total. The molecule has 0 saturated carbocycles. The van der Waals surface area contributed by atoms with Gasteiger partial charge >= 0.3 is 12.4 Å². The zero-order valence-electron chi connectivity index (χ0n) is 8.77. The van der Waals surface area contributed by atoms with E-state index >= 15 is 0 Å². The highest BCUT2D eigenvalue weighted by Crippen LogP contribution is 2.45. The maximum atomic E-state index is 12.2. The Labute approximate surface area is 93.0 Å². The Balaban J connectivity index is 4.76. The van der Waals surface area contributed by atoms with Crippen LogP contribution in [0.5, 0.6) is 0 Å². The molecule has 0 aliphatic carbocycles. The average Bonchev–Trinajstić information content (AvgIpc) is 2.10. The fourth-order valence-corrected chi connectivity index (χ4v) is 1.10. The molecule has 0 amide bonds. The second kappa shape index (κ2) is 5.40. The van der Waals surface area contributed by atoms with Crippen molar-refractivity contribution in [3.8, 4) is 0 Å². The topological polar surface area (TPSA) is 49.7 Å². The van der Waals surface area contributed by atoms with Crippen molar-refractivity contribution in [2.75, 3.05) is 13.7 Å². The molecular formula is C8H12F6O3. The molecule has 3 nitrogen and oxygen atoms in total. The summed E-state index contributed by atoms with van der Waals surface area (Å²) in [4.78, 5) is 0. The molecule has 0 fully saturated rings. The minimum absolute atomic E-state index is 0.411. The zero-order valence-corrected chi connectivity index (χ0v) is 8.77. The molecule has 0 aliphatic heterocycles. The molecule has 1 atom stereocenters. The number of hydrogen-bond acceptors (Lipinski definition) is 3. The number of aliphatic hydroxyl groups excluding tert-OH is 1. The smallest absolute Gasteiger partial charge is 0.391 e. The van der Waals surface area contributed by atoms with Gasteiger partial charge in [-0.2, -0.15) is 26.3 Å². The lowest BCUT2D eigenvalue weighted by Crippen LogP contribution is -2.57. The van der Waals surface area contributed by atoms with E-state index in [9.17, 15) is 26.3 Å². The fraction of sp³-hybridized carbons (Fsp3) is 1.00. The van der Waals surface area contributed by atoms with Crippen molar-refractivity contribution in [2.45, 2.75) is 36.9 Å². The lowest BCUT2D eigenvalue weighted by molar-refractivity contribution is -0.370. The Morgan fingerprint density at radius 3 is 1.76 bits per heavy atom. The summed E-state index contributed by atoms with van der Waals surface area (Å²) in [6.07, 6.45) is -15.8. The van der Waals surface area contributed by atoms with Crippen LogP contribution in [0.3, 0.4) is 0 Å². The van der Waals surface area contributed by atoms with E-state index in [1.807, 2.05) is 0 Å². The molecule has 0 radical (unpaired) electrons. The second-order valence-electron chi connectivity index (χ2n) is 3.50. The highest BCUT2D eigenvalue weighted by atomic mass is 19.4. The standard InChI is InChI=1S/C8H12F6O3/c1-17-4-5(15)2-3-6(16,7(9,10)11)8(12,13)14/h5,15-16H,2-4H2,1H3. The monoisotopic (exact) mass is 270 g/mol. The highest BCUT2D eigenvalue weighted by Gasteiger charge is 2.69. The molecule has 0 bridgehead atoms. The van der Waals surface area contributed by atoms with Gasteiger partial charge in [0.1, 0.15) is 0 Å². The third-order valence-corrected chi connectivity index (χ3v) is 2.14. The molecular weight excluding hydrogens is 258 g/mol. The van der Waals surface area contributed by atoms with Crippen LogP contribution in [0.1, 0.15) is 12.8 Å². The molecule has 0 aliphatic rings. The first-order valence-corrected chi connectivity index (χ1v) is 4.48. The number of halogens is 6. The largest absolute Gasteiger partial charge is 0.426 e. The first-order valence-electron chi connectivity index (χ1n) is 4.48. The van der Waals surface area contributed by atoms with E-state index < -0.39 is 43.5 Å². The SMILES string of the molecule is COCC(O)CCC(O)(C(F)(F)F)C(F)(F)F. The molecule has 0 aromatic heterocycles. The first-order chi connectivity index (χ1) is 7.45. The predicted octanol–water partition coefficient (Wildman–Crippen LogP) is 1.63. The number of ether oxygens (including phenoxy) is 1. The Hall–Kier alpha value is -0.540. The van der Waals surface area contributed by atoms with Gasteiger partial charge in [0.05, 0.1) is 12.7 Å². The normalized spacial score (nSPS) is 16.1. The maximum absolute atomic E-state index is 12.2. The summed E-state index contributed by atoms with van der Waals surface area (Å²) in [5.41, 5.74) is -4.81. The fourth-order valence-electron chi connectivity index (χ4n) is 1.10. The molecule has 0 rings (SSSR count). The molecule has 0 heterocycles. The second-order valence-corrected chi connectivity index (χ2v) is 3.50. The molecule has 17 heavy (non-hydrogen) atoms. The Morgan fingerprint density at radius 1 is 1.06 bits per heavy atom. The Morgan fingerprint density at radius 2 is 1.47 bits per heavy atom. The van der Waals surface area contributed by atoms with Crippen LogP contribution in [0.15, 0.2) is 0 Å². The molecule has 0 aromatic carbocycles. The van der Waals surface area contributed by atoms with Gasteiger partial charge in [0.2, 0.25) is 0 Å². The van der Waals surface area contributed by atoms with Crippen LogP contribution in [-0.4, -0.2) is 48.0 Å². The number of hydrogen-bond donors (Lipinski definition) is 2. The van der Waals surface area contributed by atoms with Crippen LogP contribution >= 0.6 is 0 Å². The zero-order chi connectivity index (χ0) is 13.9. The first kappa shape index (κ1) is 16.5. The molecule has 9 heteroatoms. The van der Waals surface area contributed by atoms with Gasteiger partial charge in [-0.05, 0) is 12.8 Å². The minimum atomic E-state index is -5.85. The number of rotatable bonds is 5. The highest BCUT2D eigenvalue weighted by molar-refractivity contribution is 4.94. The quantitative estimate of drug-likeness (QED) is 0.746. The van der Waals surface area contributed by atoms with Crippen molar-refractivity contribution in [1.82, 2.24) is 0 Å². The van der Waals surface area contributed by atoms with E-state index in [4.69, 9.17) is 10.2 Å². The van der Waals surface area contributed by atoms with E-state index in [0.29, 0.717) is 0 Å². The van der Waals surface area contributed by atoms with Crippen LogP contribution in [0.25, 0.3) is 0 Å². The van der Waals surface area contributed by atoms with E-state index in [2.05, 4.69) is 4.74 Å². The van der Waals surface area contributed by atoms with Gasteiger partial charge in [-0.3, -0.25) is 0 Å². The van der Waals surface area contributed by atoms with E-state index in [0.717, 1.165) is 7.11 Å². The van der Waals surface area contributed by atoms with E-state index in [-0.39, 0.29) is 0 Å². The van der Waals surface area contributed by atoms with E-state index in [1.165, 1.54) is 0 Å². The van der Waals surface area contributed by atoms with Crippen LogP contribution in [0.4, 0.5) is 26.3 Å². The molecule has 0 saturated heterocycles. The Bertz CT molecular complexity index is 222. The summed E-state index contributed by atoms with van der Waals surface area (Å²) in [7, 11) is 1.13. The van der Waals surface area contributed by atoms with Crippen LogP contribution in [0, 0.1) is 0 Å². The van der Waals surface area contributed by atoms with Gasteiger partial charge in [-0.25, -0.2) is 0 Å². The van der Waals surface area contributed by atoms with Crippen molar-refractivity contribution < 1.29 is 41.3 Å². The van der Waals surface area contributed by atoms with Gasteiger partial charge < -0.3 is 14.9 Å². The van der Waals surface area contributed by atoms with Crippen LogP contribution < -0.4 is 0 Å². The minimum Gasteiger partial charge on any atom is -0.391 e. The summed E-state index contributed by atoms with van der Waals surface area (Å²) >= 11 is 0. The summed E-state index contributed by atoms with van der Waals surface area (Å²) in [5, 5.41) is 17.7. The van der Waals surface area contributed by atoms with Gasteiger partial charge in [-0.15, -0.1) is 0 Å². The van der Waals surface area contributed by atoms with Crippen molar-refractivity contribution in [3.05, 3.63) is 0 Å². The molecule has 1 unspecified atom stereocenters. The lowest BCUT2D eigenvalue weighted by Gasteiger charge is -2.32. The van der Waals surface area contributed by atoms with Gasteiger partial charge in [0.15, 0.2) is 0 Å². The third-order valence-electron chi connectivity index (χ3n) is 2.14. The lowest BCUT2D eigenvalue weighted by atomic mass is 9.94. The van der Waals surface area contributed by atoms with Crippen molar-refractivity contribution in [1.29, 1.82) is 0 Å². The van der Waals surface area contributed by atoms with Gasteiger partial charge in [0, 0.05) is 7.11 Å². The number of alkyl halides is 6. The van der Waals surface area contributed by atoms with Crippen LogP contribution in [0.2, 0.25) is 0 Å². The number of methoxy groups -OCH3 is 1. The summed E-state index contributed by atoms with van der Waals surface area (Å²) < 4.78 is 77.3. The summed E-state index contributed by atoms with van der Waals surface area (Å²) in [5.74, 6) is 0. The van der Waals surface area contributed by atoms with Crippen LogP contribution in [-0.2, 0) is 4.74 Å². The van der Waals surface area contributed by atoms with Gasteiger partial charge in [-0.1, -0.05) is 0 Å². The van der Waals surface area contributed by atoms with Crippen molar-refractivity contribution >= 4 is 0 Å². The summed E-state index contributed by atoms with van der Waals surface area (Å²) in [6.45, 7) is -0.411. The van der Waals surface area contributed by atoms with E-state index in [1.54, 1.807) is 0 Å².